The van der Waals surface area contributed by atoms with Crippen LogP contribution >= 0.6 is 0 Å². The van der Waals surface area contributed by atoms with Crippen LogP contribution in [0.4, 0.5) is 14.7 Å². The van der Waals surface area contributed by atoms with Gasteiger partial charge in [-0.25, -0.2) is 13.8 Å². The maximum absolute atomic E-state index is 14.2. The highest BCUT2D eigenvalue weighted by molar-refractivity contribution is 5.79. The molecule has 3 aliphatic rings. The summed E-state index contributed by atoms with van der Waals surface area (Å²) in [5, 5.41) is 3.24. The van der Waals surface area contributed by atoms with Gasteiger partial charge in [0.15, 0.2) is 5.82 Å². The molecule has 12 heteroatoms. The van der Waals surface area contributed by atoms with Gasteiger partial charge in [0.1, 0.15) is 11.9 Å². The first-order valence-corrected chi connectivity index (χ1v) is 15.5. The van der Waals surface area contributed by atoms with Gasteiger partial charge in [-0.05, 0) is 63.1 Å². The third kappa shape index (κ3) is 6.75. The van der Waals surface area contributed by atoms with Gasteiger partial charge in [-0.3, -0.25) is 14.3 Å². The van der Waals surface area contributed by atoms with Gasteiger partial charge in [-0.1, -0.05) is 26.0 Å². The number of fused-ring (bicyclic) bond motifs is 1. The molecule has 2 aromatic heterocycles. The van der Waals surface area contributed by atoms with E-state index in [-0.39, 0.29) is 29.7 Å². The minimum Gasteiger partial charge on any atom is -0.474 e. The Labute approximate surface area is 250 Å². The minimum absolute atomic E-state index is 0.0925. The van der Waals surface area contributed by atoms with Crippen molar-refractivity contribution in [2.24, 2.45) is 5.92 Å². The minimum atomic E-state index is -2.79. The summed E-state index contributed by atoms with van der Waals surface area (Å²) in [7, 11) is 0. The lowest BCUT2D eigenvalue weighted by atomic mass is 9.93. The zero-order chi connectivity index (χ0) is 29.9. The number of likely N-dealkylation sites (tertiary alicyclic amines) is 1. The number of carbonyl (C=O) groups excluding carboxylic acids is 1. The molecule has 3 aromatic rings. The van der Waals surface area contributed by atoms with Gasteiger partial charge in [-0.2, -0.15) is 9.97 Å². The second-order valence-electron chi connectivity index (χ2n) is 12.1. The molecule has 0 radical (unpaired) electrons. The van der Waals surface area contributed by atoms with Crippen molar-refractivity contribution in [3.05, 3.63) is 36.2 Å². The Kier molecular flexibility index (Phi) is 9.03. The van der Waals surface area contributed by atoms with E-state index in [9.17, 15) is 13.6 Å². The number of rotatable bonds is 9. The van der Waals surface area contributed by atoms with Crippen LogP contribution in [0.25, 0.3) is 16.9 Å². The van der Waals surface area contributed by atoms with Crippen LogP contribution in [0.3, 0.4) is 0 Å². The summed E-state index contributed by atoms with van der Waals surface area (Å²) in [5.74, 6) is 1.31. The maximum atomic E-state index is 14.2. The van der Waals surface area contributed by atoms with E-state index in [2.05, 4.69) is 29.0 Å². The normalized spacial score (nSPS) is 23.4. The maximum Gasteiger partial charge on any atom is 0.296 e. The number of morpholine rings is 1. The summed E-state index contributed by atoms with van der Waals surface area (Å²) in [4.78, 5) is 30.7. The molecule has 10 nitrogen and oxygen atoms in total. The fourth-order valence-corrected chi connectivity index (χ4v) is 6.67. The number of halogens is 2. The highest BCUT2D eigenvalue weighted by Gasteiger charge is 2.30. The number of hydrogen-bond donors (Lipinski definition) is 1. The first-order valence-electron chi connectivity index (χ1n) is 15.5. The van der Waals surface area contributed by atoms with Crippen LogP contribution in [-0.2, 0) is 9.53 Å². The molecular weight excluding hydrogens is 556 g/mol. The zero-order valence-corrected chi connectivity index (χ0v) is 24.9. The molecule has 0 unspecified atom stereocenters. The van der Waals surface area contributed by atoms with Crippen LogP contribution in [0.5, 0.6) is 5.88 Å². The van der Waals surface area contributed by atoms with Crippen molar-refractivity contribution >= 4 is 22.9 Å². The molecule has 232 valence electrons. The first-order chi connectivity index (χ1) is 20.9. The summed E-state index contributed by atoms with van der Waals surface area (Å²) < 4.78 is 41.6. The Morgan fingerprint density at radius 1 is 1.05 bits per heavy atom. The van der Waals surface area contributed by atoms with Crippen molar-refractivity contribution in [3.63, 3.8) is 0 Å². The molecular formula is C31H41F2N7O3. The van der Waals surface area contributed by atoms with E-state index in [0.717, 1.165) is 45.1 Å². The summed E-state index contributed by atoms with van der Waals surface area (Å²) in [6, 6.07) is 9.25. The van der Waals surface area contributed by atoms with E-state index in [1.54, 1.807) is 30.3 Å². The highest BCUT2D eigenvalue weighted by atomic mass is 19.3. The van der Waals surface area contributed by atoms with Crippen molar-refractivity contribution < 1.29 is 23.0 Å². The van der Waals surface area contributed by atoms with Gasteiger partial charge in [0, 0.05) is 31.2 Å². The lowest BCUT2D eigenvalue weighted by molar-refractivity contribution is -0.123. The standard InChI is InChI=1S/C31H41F2N7O3/c1-20(2)24-8-5-13-39(24)19-27(41)34-21-9-11-22(12-10-21)43-28-18-26(36-31(37-28)38-14-16-42-17-15-38)40-25-7-4-3-6-23(25)35-30(40)29(32)33/h3-4,6-7,18,20-22,24,29H,5,8-17,19H2,1-2H3,(H,34,41)/t21-,22-,24-/m0/s1. The fourth-order valence-electron chi connectivity index (χ4n) is 6.67. The number of benzene rings is 1. The number of imidazole rings is 1. The van der Waals surface area contributed by atoms with E-state index in [1.807, 2.05) is 4.90 Å². The molecule has 3 fully saturated rings. The molecule has 43 heavy (non-hydrogen) atoms. The van der Waals surface area contributed by atoms with Crippen molar-refractivity contribution in [2.45, 2.75) is 77.0 Å². The molecule has 1 aliphatic carbocycles. The number of alkyl halides is 2. The predicted molar refractivity (Wildman–Crippen MR) is 159 cm³/mol. The smallest absolute Gasteiger partial charge is 0.296 e. The molecule has 6 rings (SSSR count). The summed E-state index contributed by atoms with van der Waals surface area (Å²) in [5.41, 5.74) is 1.01. The number of amides is 1. The number of carbonyl (C=O) groups is 1. The summed E-state index contributed by atoms with van der Waals surface area (Å²) in [6.45, 7) is 8.14. The molecule has 2 aliphatic heterocycles. The second-order valence-corrected chi connectivity index (χ2v) is 12.1. The molecule has 0 spiro atoms. The van der Waals surface area contributed by atoms with Crippen LogP contribution in [0, 0.1) is 5.92 Å². The van der Waals surface area contributed by atoms with Crippen molar-refractivity contribution in [2.75, 3.05) is 44.3 Å². The zero-order valence-electron chi connectivity index (χ0n) is 24.9. The largest absolute Gasteiger partial charge is 0.474 e. The molecule has 1 saturated carbocycles. The Balaban J connectivity index is 1.16. The van der Waals surface area contributed by atoms with Crippen molar-refractivity contribution in [3.8, 4) is 11.7 Å². The van der Waals surface area contributed by atoms with Gasteiger partial charge in [0.2, 0.25) is 17.7 Å². The number of anilines is 1. The number of nitrogens with one attached hydrogen (secondary N) is 1. The van der Waals surface area contributed by atoms with Gasteiger partial charge in [0.05, 0.1) is 30.8 Å². The van der Waals surface area contributed by atoms with Crippen LogP contribution in [0.1, 0.15) is 64.6 Å². The number of hydrogen-bond acceptors (Lipinski definition) is 8. The Morgan fingerprint density at radius 2 is 1.81 bits per heavy atom. The Hall–Kier alpha value is -3.38. The number of aromatic nitrogens is 4. The van der Waals surface area contributed by atoms with Crippen LogP contribution < -0.4 is 15.0 Å². The second kappa shape index (κ2) is 13.1. The van der Waals surface area contributed by atoms with Crippen molar-refractivity contribution in [1.82, 2.24) is 29.7 Å². The monoisotopic (exact) mass is 597 g/mol. The predicted octanol–water partition coefficient (Wildman–Crippen LogP) is 4.52. The number of nitrogens with zero attached hydrogens (tertiary/aromatic N) is 6. The molecule has 1 amide bonds. The third-order valence-electron chi connectivity index (χ3n) is 8.84. The SMILES string of the molecule is CC(C)[C@@H]1CCCN1CC(=O)N[C@H]1CC[C@H](Oc2cc(-n3c(C(F)F)nc4ccccc43)nc(N3CCOCC3)n2)CC1. The lowest BCUT2D eigenvalue weighted by Gasteiger charge is -2.31. The Bertz CT molecular complexity index is 1400. The molecule has 4 heterocycles. The first kappa shape index (κ1) is 29.7. The average molecular weight is 598 g/mol. The van der Waals surface area contributed by atoms with E-state index in [0.29, 0.717) is 67.7 Å². The van der Waals surface area contributed by atoms with E-state index >= 15 is 0 Å². The van der Waals surface area contributed by atoms with Gasteiger partial charge in [-0.15, -0.1) is 0 Å². The highest BCUT2D eigenvalue weighted by Crippen LogP contribution is 2.31. The molecule has 1 atom stereocenters. The number of ether oxygens (including phenoxy) is 2. The molecule has 1 aromatic carbocycles. The third-order valence-corrected chi connectivity index (χ3v) is 8.84. The molecule has 0 bridgehead atoms. The van der Waals surface area contributed by atoms with Gasteiger partial charge in [0.25, 0.3) is 6.43 Å². The van der Waals surface area contributed by atoms with E-state index < -0.39 is 6.43 Å². The fraction of sp³-hybridized carbons (Fsp3) is 0.613. The van der Waals surface area contributed by atoms with E-state index in [4.69, 9.17) is 19.4 Å². The molecule has 2 saturated heterocycles. The summed E-state index contributed by atoms with van der Waals surface area (Å²) >= 11 is 0. The van der Waals surface area contributed by atoms with Gasteiger partial charge < -0.3 is 19.7 Å². The van der Waals surface area contributed by atoms with Crippen LogP contribution in [-0.4, -0.2) is 87.9 Å². The topological polar surface area (TPSA) is 97.6 Å². The summed E-state index contributed by atoms with van der Waals surface area (Å²) in [6.07, 6.45) is 2.54. The van der Waals surface area contributed by atoms with Crippen molar-refractivity contribution in [1.29, 1.82) is 0 Å². The lowest BCUT2D eigenvalue weighted by Crippen LogP contribution is -2.46. The van der Waals surface area contributed by atoms with E-state index in [1.165, 1.54) is 4.57 Å². The van der Waals surface area contributed by atoms with Crippen LogP contribution in [0.2, 0.25) is 0 Å². The van der Waals surface area contributed by atoms with Crippen LogP contribution in [0.15, 0.2) is 30.3 Å². The Morgan fingerprint density at radius 3 is 2.56 bits per heavy atom. The van der Waals surface area contributed by atoms with Gasteiger partial charge >= 0.3 is 0 Å². The average Bonchev–Trinajstić information content (AvgIpc) is 3.63. The molecule has 1 N–H and O–H groups in total. The quantitative estimate of drug-likeness (QED) is 0.385. The number of para-hydroxylation sites is 2.